The number of nitrogens with one attached hydrogen (secondary N) is 1. The van der Waals surface area contributed by atoms with E-state index in [4.69, 9.17) is 28.9 Å². The fourth-order valence-corrected chi connectivity index (χ4v) is 6.19. The lowest BCUT2D eigenvalue weighted by Crippen LogP contribution is -2.46. The molecular weight excluding hydrogens is 574 g/mol. The number of aromatic nitrogens is 1. The van der Waals surface area contributed by atoms with Gasteiger partial charge >= 0.3 is 11.7 Å². The van der Waals surface area contributed by atoms with Crippen LogP contribution in [0.25, 0.3) is 11.1 Å². The highest BCUT2D eigenvalue weighted by molar-refractivity contribution is 7.67. The zero-order valence-corrected chi connectivity index (χ0v) is 24.1. The maximum absolute atomic E-state index is 14.7. The topological polar surface area (TPSA) is 109 Å². The molecule has 0 spiro atoms. The molecule has 1 fully saturated rings. The molecule has 2 heterocycles. The number of amides is 1. The van der Waals surface area contributed by atoms with Crippen LogP contribution in [-0.2, 0) is 20.6 Å². The summed E-state index contributed by atoms with van der Waals surface area (Å²) in [6.07, 6.45) is 3.41. The number of pyridine rings is 1. The highest BCUT2D eigenvalue weighted by Crippen LogP contribution is 2.48. The summed E-state index contributed by atoms with van der Waals surface area (Å²) in [7, 11) is 1.67. The predicted molar refractivity (Wildman–Crippen MR) is 157 cm³/mol. The molecule has 7 nitrogen and oxygen atoms in total. The summed E-state index contributed by atoms with van der Waals surface area (Å²) in [5.41, 5.74) is 10.6. The van der Waals surface area contributed by atoms with Gasteiger partial charge in [0.05, 0.1) is 22.3 Å². The summed E-state index contributed by atoms with van der Waals surface area (Å²) >= 11 is 13.6. The smallest absolute Gasteiger partial charge is 0.400 e. The van der Waals surface area contributed by atoms with E-state index in [-0.39, 0.29) is 21.7 Å². The van der Waals surface area contributed by atoms with Crippen LogP contribution >= 0.6 is 23.2 Å². The van der Waals surface area contributed by atoms with Crippen LogP contribution in [0.2, 0.25) is 10.0 Å². The number of nitrogens with two attached hydrogens (primary N) is 1. The van der Waals surface area contributed by atoms with Gasteiger partial charge in [0.1, 0.15) is 5.82 Å². The number of nitrogens with zero attached hydrogens (tertiary/aromatic N) is 2. The second kappa shape index (κ2) is 10.9. The third kappa shape index (κ3) is 5.09. The van der Waals surface area contributed by atoms with Gasteiger partial charge in [-0.2, -0.15) is 0 Å². The van der Waals surface area contributed by atoms with Gasteiger partial charge in [-0.15, -0.1) is 0 Å². The quantitative estimate of drug-likeness (QED) is 0.289. The zero-order chi connectivity index (χ0) is 28.8. The third-order valence-corrected chi connectivity index (χ3v) is 9.15. The first-order valence-corrected chi connectivity index (χ1v) is 14.2. The molecule has 11 heteroatoms. The average Bonchev–Trinajstić information content (AvgIpc) is 3.74. The number of carbonyl (C=O) groups excluding carboxylic acids is 1. The monoisotopic (exact) mass is 599 g/mol. The van der Waals surface area contributed by atoms with Crippen LogP contribution in [0.15, 0.2) is 69.7 Å². The normalized spacial score (nSPS) is 18.6. The van der Waals surface area contributed by atoms with E-state index in [0.29, 0.717) is 46.6 Å². The molecule has 5 rings (SSSR count). The summed E-state index contributed by atoms with van der Waals surface area (Å²) in [6, 6.07) is 10.2. The van der Waals surface area contributed by atoms with Gasteiger partial charge in [0.15, 0.2) is 0 Å². The summed E-state index contributed by atoms with van der Waals surface area (Å²) in [4.78, 5) is 33.8. The zero-order valence-electron chi connectivity index (χ0n) is 21.8. The van der Waals surface area contributed by atoms with Gasteiger partial charge in [0, 0.05) is 75.9 Å². The van der Waals surface area contributed by atoms with Crippen molar-refractivity contribution < 1.29 is 13.4 Å². The molecule has 0 bridgehead atoms. The van der Waals surface area contributed by atoms with Crippen molar-refractivity contribution in [3.05, 3.63) is 103 Å². The number of hydrogen-bond donors (Lipinski definition) is 2. The largest absolute Gasteiger partial charge is 0.470 e. The second-order valence-corrected chi connectivity index (χ2v) is 11.8. The van der Waals surface area contributed by atoms with Gasteiger partial charge in [0.25, 0.3) is 10.7 Å². The van der Waals surface area contributed by atoms with E-state index in [9.17, 15) is 18.2 Å². The molecule has 1 amide bonds. The number of hydrogen-bond acceptors (Lipinski definition) is 5. The van der Waals surface area contributed by atoms with Crippen molar-refractivity contribution in [2.45, 2.75) is 37.0 Å². The maximum Gasteiger partial charge on any atom is 0.470 e. The molecule has 1 saturated carbocycles. The number of aromatic amines is 1. The molecule has 40 heavy (non-hydrogen) atoms. The van der Waals surface area contributed by atoms with Crippen molar-refractivity contribution in [1.82, 2.24) is 9.88 Å². The van der Waals surface area contributed by atoms with E-state index in [1.54, 1.807) is 24.9 Å². The molecule has 2 aromatic carbocycles. The SMILES string of the molecule is CN=C(C1=C(N)[C@H](C)N(C(=O)c2cc(F)cc(-c3ccc(=O)[nH]c3)c2Cl)CC1)c1cc(Cl)cc(C2([S+]=O)CC2)c1. The lowest BCUT2D eigenvalue weighted by atomic mass is 9.90. The first kappa shape index (κ1) is 28.1. The van der Waals surface area contributed by atoms with E-state index >= 15 is 0 Å². The molecule has 0 saturated heterocycles. The third-order valence-electron chi connectivity index (χ3n) is 7.56. The lowest BCUT2D eigenvalue weighted by molar-refractivity contribution is 0.0706. The Hall–Kier alpha value is -3.40. The van der Waals surface area contributed by atoms with E-state index in [0.717, 1.165) is 35.6 Å². The van der Waals surface area contributed by atoms with Crippen molar-refractivity contribution in [3.63, 3.8) is 0 Å². The minimum Gasteiger partial charge on any atom is -0.400 e. The van der Waals surface area contributed by atoms with Crippen LogP contribution in [0.5, 0.6) is 0 Å². The van der Waals surface area contributed by atoms with Crippen LogP contribution < -0.4 is 11.3 Å². The van der Waals surface area contributed by atoms with Gasteiger partial charge in [-0.05, 0) is 55.3 Å². The Morgan fingerprint density at radius 2 is 1.95 bits per heavy atom. The Morgan fingerprint density at radius 1 is 1.20 bits per heavy atom. The standard InChI is InChI=1S/C29H25Cl2FN4O3S/c1-15-26(33)21(27(34-2)17-9-18(11-19(30)10-17)29(40-39)6-7-29)5-8-36(15)28(38)23-13-20(32)12-22(25(23)31)16-3-4-24(37)35-14-16/h3-4,9-15H,5-8H2,1-2H3,(H2-,33,34,35,37)/p+1/t15-/m0/s1. The predicted octanol–water partition coefficient (Wildman–Crippen LogP) is 5.47. The number of rotatable bonds is 6. The fraction of sp³-hybridized carbons (Fsp3) is 0.276. The average molecular weight is 601 g/mol. The van der Waals surface area contributed by atoms with E-state index in [2.05, 4.69) is 9.98 Å². The van der Waals surface area contributed by atoms with Gasteiger partial charge in [-0.25, -0.2) is 4.39 Å². The number of H-pyrrole nitrogens is 1. The van der Waals surface area contributed by atoms with E-state index < -0.39 is 22.5 Å². The van der Waals surface area contributed by atoms with Crippen LogP contribution in [0.1, 0.15) is 47.7 Å². The summed E-state index contributed by atoms with van der Waals surface area (Å²) in [6.45, 7) is 2.09. The Kier molecular flexibility index (Phi) is 7.65. The van der Waals surface area contributed by atoms with E-state index in [1.165, 1.54) is 24.4 Å². The molecule has 206 valence electrons. The summed E-state index contributed by atoms with van der Waals surface area (Å²) in [5.74, 6) is -1.10. The minimum atomic E-state index is -0.635. The van der Waals surface area contributed by atoms with Crippen molar-refractivity contribution >= 4 is 46.5 Å². The van der Waals surface area contributed by atoms with Crippen LogP contribution in [0.4, 0.5) is 4.39 Å². The van der Waals surface area contributed by atoms with Crippen molar-refractivity contribution in [2.24, 2.45) is 10.7 Å². The Morgan fingerprint density at radius 3 is 2.58 bits per heavy atom. The Bertz CT molecular complexity index is 1640. The van der Waals surface area contributed by atoms with Crippen LogP contribution in [-0.4, -0.2) is 41.1 Å². The maximum atomic E-state index is 14.7. The molecule has 1 atom stereocenters. The second-order valence-electron chi connectivity index (χ2n) is 9.99. The molecule has 0 radical (unpaired) electrons. The van der Waals surface area contributed by atoms with Crippen molar-refractivity contribution in [2.75, 3.05) is 13.6 Å². The summed E-state index contributed by atoms with van der Waals surface area (Å²) < 4.78 is 26.0. The molecular formula is C29H26Cl2FN4O3S+. The first-order valence-electron chi connectivity index (χ1n) is 12.7. The first-order chi connectivity index (χ1) is 19.1. The fourth-order valence-electron chi connectivity index (χ4n) is 5.17. The highest BCUT2D eigenvalue weighted by Gasteiger charge is 2.59. The van der Waals surface area contributed by atoms with Gasteiger partial charge in [-0.3, -0.25) is 14.6 Å². The Labute approximate surface area is 244 Å². The number of carbonyl (C=O) groups is 1. The highest BCUT2D eigenvalue weighted by atomic mass is 35.5. The van der Waals surface area contributed by atoms with Crippen molar-refractivity contribution in [3.8, 4) is 11.1 Å². The number of benzene rings is 2. The molecule has 1 aliphatic carbocycles. The van der Waals surface area contributed by atoms with Gasteiger partial charge in [-0.1, -0.05) is 23.2 Å². The van der Waals surface area contributed by atoms with Crippen LogP contribution in [0, 0.1) is 5.82 Å². The molecule has 0 unspecified atom stereocenters. The number of halogens is 3. The molecule has 3 aromatic rings. The summed E-state index contributed by atoms with van der Waals surface area (Å²) in [5, 5.41) is 0.583. The van der Waals surface area contributed by atoms with Gasteiger partial charge in [0.2, 0.25) is 5.56 Å². The molecule has 1 aromatic heterocycles. The van der Waals surface area contributed by atoms with Gasteiger partial charge < -0.3 is 15.6 Å². The van der Waals surface area contributed by atoms with Crippen molar-refractivity contribution in [1.29, 1.82) is 0 Å². The molecule has 2 aliphatic rings. The van der Waals surface area contributed by atoms with E-state index in [1.807, 2.05) is 12.1 Å². The van der Waals surface area contributed by atoms with Crippen LogP contribution in [0.3, 0.4) is 0 Å². The lowest BCUT2D eigenvalue weighted by Gasteiger charge is -2.36. The minimum absolute atomic E-state index is 0.000300. The number of aliphatic imine (C=N–C) groups is 1. The molecule has 1 aliphatic heterocycles. The molecule has 3 N–H and O–H groups in total. The Balaban J connectivity index is 1.47.